The fraction of sp³-hybridized carbons (Fsp3) is 0. The van der Waals surface area contributed by atoms with Gasteiger partial charge in [0.1, 0.15) is 28.4 Å². The van der Waals surface area contributed by atoms with Crippen LogP contribution in [0, 0.1) is 0 Å². The first-order chi connectivity index (χ1) is 8.74. The number of hydrogen-bond acceptors (Lipinski definition) is 7. The highest BCUT2D eigenvalue weighted by atomic mass is 32.1. The number of primary amides is 1. The van der Waals surface area contributed by atoms with Gasteiger partial charge in [-0.2, -0.15) is 0 Å². The predicted octanol–water partition coefficient (Wildman–Crippen LogP) is 2.02. The van der Waals surface area contributed by atoms with Gasteiger partial charge in [-0.15, -0.1) is 22.7 Å². The number of thiazole rings is 2. The van der Waals surface area contributed by atoms with Crippen molar-refractivity contribution >= 4 is 28.6 Å². The number of nitrogens with zero attached hydrogens (tertiary/aromatic N) is 3. The van der Waals surface area contributed by atoms with Crippen LogP contribution in [0.25, 0.3) is 22.3 Å². The van der Waals surface area contributed by atoms with Gasteiger partial charge in [0.05, 0.1) is 5.51 Å². The number of amides is 1. The molecule has 0 aliphatic rings. The molecule has 0 bridgehead atoms. The second-order valence-electron chi connectivity index (χ2n) is 3.31. The summed E-state index contributed by atoms with van der Waals surface area (Å²) in [6.07, 6.45) is 1.48. The zero-order valence-corrected chi connectivity index (χ0v) is 10.5. The highest BCUT2D eigenvalue weighted by Crippen LogP contribution is 2.26. The van der Waals surface area contributed by atoms with Crippen LogP contribution in [0.15, 0.2) is 27.0 Å². The minimum absolute atomic E-state index is 0.230. The van der Waals surface area contributed by atoms with Gasteiger partial charge >= 0.3 is 0 Å². The number of carbonyl (C=O) groups excluding carboxylic acids is 1. The number of nitrogens with two attached hydrogens (primary N) is 1. The van der Waals surface area contributed by atoms with E-state index in [2.05, 4.69) is 15.0 Å². The summed E-state index contributed by atoms with van der Waals surface area (Å²) in [5.41, 5.74) is 8.32. The Morgan fingerprint density at radius 1 is 1.28 bits per heavy atom. The Morgan fingerprint density at radius 2 is 2.17 bits per heavy atom. The van der Waals surface area contributed by atoms with Crippen molar-refractivity contribution in [3.8, 4) is 22.3 Å². The lowest BCUT2D eigenvalue weighted by Crippen LogP contribution is -2.10. The van der Waals surface area contributed by atoms with E-state index >= 15 is 0 Å². The Labute approximate surface area is 109 Å². The first-order valence-corrected chi connectivity index (χ1v) is 6.66. The smallest absolute Gasteiger partial charge is 0.268 e. The van der Waals surface area contributed by atoms with E-state index in [0.29, 0.717) is 22.3 Å². The van der Waals surface area contributed by atoms with E-state index in [1.807, 2.05) is 5.38 Å². The van der Waals surface area contributed by atoms with E-state index in [1.165, 1.54) is 28.9 Å². The molecule has 3 aromatic heterocycles. The van der Waals surface area contributed by atoms with Crippen LogP contribution >= 0.6 is 22.7 Å². The summed E-state index contributed by atoms with van der Waals surface area (Å²) in [4.78, 5) is 23.4. The molecule has 1 amide bonds. The first-order valence-electron chi connectivity index (χ1n) is 4.84. The Balaban J connectivity index is 1.95. The third-order valence-electron chi connectivity index (χ3n) is 2.13. The molecule has 0 saturated carbocycles. The fourth-order valence-corrected chi connectivity index (χ4v) is 2.60. The third-order valence-corrected chi connectivity index (χ3v) is 3.58. The zero-order valence-electron chi connectivity index (χ0n) is 8.86. The van der Waals surface area contributed by atoms with Gasteiger partial charge in [-0.3, -0.25) is 4.79 Å². The largest absolute Gasteiger partial charge is 0.443 e. The normalized spacial score (nSPS) is 10.7. The molecule has 8 heteroatoms. The molecule has 0 aromatic carbocycles. The lowest BCUT2D eigenvalue weighted by molar-refractivity contribution is 0.0996. The highest BCUT2D eigenvalue weighted by Gasteiger charge is 2.14. The predicted molar refractivity (Wildman–Crippen MR) is 67.2 cm³/mol. The Morgan fingerprint density at radius 3 is 2.83 bits per heavy atom. The molecule has 0 unspecified atom stereocenters. The van der Waals surface area contributed by atoms with Crippen LogP contribution in [-0.4, -0.2) is 20.9 Å². The Bertz CT molecular complexity index is 686. The van der Waals surface area contributed by atoms with Gasteiger partial charge in [-0.25, -0.2) is 15.0 Å². The number of rotatable bonds is 3. The van der Waals surface area contributed by atoms with Crippen LogP contribution in [0.3, 0.4) is 0 Å². The van der Waals surface area contributed by atoms with Crippen LogP contribution in [-0.2, 0) is 0 Å². The summed E-state index contributed by atoms with van der Waals surface area (Å²) in [6.45, 7) is 0. The number of aromatic nitrogens is 3. The van der Waals surface area contributed by atoms with Gasteiger partial charge in [-0.1, -0.05) is 0 Å². The molecule has 0 atom stereocenters. The van der Waals surface area contributed by atoms with Gasteiger partial charge in [0, 0.05) is 10.8 Å². The molecule has 0 fully saturated rings. The van der Waals surface area contributed by atoms with Crippen LogP contribution in [0.1, 0.15) is 10.5 Å². The molecule has 6 nitrogen and oxygen atoms in total. The molecule has 0 spiro atoms. The second kappa shape index (κ2) is 4.31. The summed E-state index contributed by atoms with van der Waals surface area (Å²) in [7, 11) is 0. The van der Waals surface area contributed by atoms with Gasteiger partial charge in [0.2, 0.25) is 5.89 Å². The molecule has 3 rings (SSSR count). The summed E-state index contributed by atoms with van der Waals surface area (Å²) in [6, 6.07) is 0. The summed E-state index contributed by atoms with van der Waals surface area (Å²) in [5, 5.41) is 4.02. The summed E-state index contributed by atoms with van der Waals surface area (Å²) >= 11 is 2.75. The minimum atomic E-state index is -0.555. The van der Waals surface area contributed by atoms with Crippen molar-refractivity contribution in [1.29, 1.82) is 0 Å². The topological polar surface area (TPSA) is 94.9 Å². The maximum atomic E-state index is 11.0. The maximum absolute atomic E-state index is 11.0. The lowest BCUT2D eigenvalue weighted by atomic mass is 10.4. The number of carbonyl (C=O) groups is 1. The van der Waals surface area contributed by atoms with Gasteiger partial charge in [0.25, 0.3) is 5.91 Å². The average molecular weight is 278 g/mol. The van der Waals surface area contributed by atoms with Crippen molar-refractivity contribution in [2.24, 2.45) is 5.73 Å². The van der Waals surface area contributed by atoms with Crippen molar-refractivity contribution in [3.05, 3.63) is 28.2 Å². The third kappa shape index (κ3) is 1.91. The molecule has 0 aliphatic carbocycles. The fourth-order valence-electron chi connectivity index (χ4n) is 1.31. The standard InChI is InChI=1S/C10H6N4O2S2/c11-8(15)6-3-18-10(14-6)5-1-16-9(13-5)7-2-17-4-12-7/h1-4H,(H2,11,15). The molecule has 0 radical (unpaired) electrons. The van der Waals surface area contributed by atoms with Gasteiger partial charge in [-0.05, 0) is 0 Å². The molecular weight excluding hydrogens is 272 g/mol. The molecular formula is C10H6N4O2S2. The van der Waals surface area contributed by atoms with Crippen molar-refractivity contribution in [1.82, 2.24) is 15.0 Å². The summed E-state index contributed by atoms with van der Waals surface area (Å²) < 4.78 is 5.32. The van der Waals surface area contributed by atoms with E-state index < -0.39 is 5.91 Å². The maximum Gasteiger partial charge on any atom is 0.268 e. The van der Waals surface area contributed by atoms with E-state index in [9.17, 15) is 4.79 Å². The molecule has 0 aliphatic heterocycles. The van der Waals surface area contributed by atoms with Crippen LogP contribution in [0.4, 0.5) is 0 Å². The van der Waals surface area contributed by atoms with E-state index in [-0.39, 0.29) is 5.69 Å². The zero-order chi connectivity index (χ0) is 12.5. The van der Waals surface area contributed by atoms with Crippen LogP contribution in [0.5, 0.6) is 0 Å². The highest BCUT2D eigenvalue weighted by molar-refractivity contribution is 7.13. The summed E-state index contributed by atoms with van der Waals surface area (Å²) in [5.74, 6) is -0.122. The number of oxazole rings is 1. The molecule has 3 aromatic rings. The molecule has 18 heavy (non-hydrogen) atoms. The molecule has 0 saturated heterocycles. The Hall–Kier alpha value is -2.06. The minimum Gasteiger partial charge on any atom is -0.443 e. The van der Waals surface area contributed by atoms with Gasteiger partial charge < -0.3 is 10.2 Å². The monoisotopic (exact) mass is 278 g/mol. The molecule has 2 N–H and O–H groups in total. The van der Waals surface area contributed by atoms with Crippen LogP contribution < -0.4 is 5.73 Å². The van der Waals surface area contributed by atoms with Crippen LogP contribution in [0.2, 0.25) is 0 Å². The number of hydrogen-bond donors (Lipinski definition) is 1. The first kappa shape index (κ1) is 11.1. The Kier molecular flexibility index (Phi) is 2.65. The second-order valence-corrected chi connectivity index (χ2v) is 4.89. The SMILES string of the molecule is NC(=O)c1csc(-c2coc(-c3cscn3)n2)n1. The van der Waals surface area contributed by atoms with E-state index in [4.69, 9.17) is 10.2 Å². The van der Waals surface area contributed by atoms with Crippen molar-refractivity contribution in [2.75, 3.05) is 0 Å². The lowest BCUT2D eigenvalue weighted by Gasteiger charge is -1.86. The molecule has 90 valence electrons. The van der Waals surface area contributed by atoms with Crippen molar-refractivity contribution < 1.29 is 9.21 Å². The molecule has 3 heterocycles. The van der Waals surface area contributed by atoms with E-state index in [1.54, 1.807) is 10.9 Å². The van der Waals surface area contributed by atoms with Crippen molar-refractivity contribution in [3.63, 3.8) is 0 Å². The van der Waals surface area contributed by atoms with Gasteiger partial charge in [0.15, 0.2) is 0 Å². The van der Waals surface area contributed by atoms with E-state index in [0.717, 1.165) is 0 Å². The average Bonchev–Trinajstić information content (AvgIpc) is 3.10. The quantitative estimate of drug-likeness (QED) is 0.790. The van der Waals surface area contributed by atoms with Crippen molar-refractivity contribution in [2.45, 2.75) is 0 Å².